The number of amides is 1. The number of hydrogen-bond donors (Lipinski definition) is 1. The molecule has 0 radical (unpaired) electrons. The van der Waals surface area contributed by atoms with Crippen LogP contribution in [0.15, 0.2) is 60.8 Å². The minimum atomic E-state index is -0.307. The van der Waals surface area contributed by atoms with Gasteiger partial charge in [-0.15, -0.1) is 0 Å². The second-order valence-electron chi connectivity index (χ2n) is 5.49. The highest BCUT2D eigenvalue weighted by Gasteiger charge is 2.10. The van der Waals surface area contributed by atoms with Gasteiger partial charge in [-0.1, -0.05) is 0 Å². The van der Waals surface area contributed by atoms with E-state index < -0.39 is 0 Å². The van der Waals surface area contributed by atoms with Gasteiger partial charge in [0.25, 0.3) is 5.91 Å². The Kier molecular flexibility index (Phi) is 5.12. The maximum atomic E-state index is 13.0. The lowest BCUT2D eigenvalue weighted by atomic mass is 10.1. The van der Waals surface area contributed by atoms with Gasteiger partial charge < -0.3 is 14.8 Å². The van der Waals surface area contributed by atoms with E-state index in [1.54, 1.807) is 56.7 Å². The van der Waals surface area contributed by atoms with Crippen LogP contribution in [0.2, 0.25) is 0 Å². The fraction of sp³-hybridized carbons (Fsp3) is 0.100. The number of carbonyl (C=O) groups is 1. The molecule has 0 saturated carbocycles. The van der Waals surface area contributed by atoms with Gasteiger partial charge in [0.1, 0.15) is 17.3 Å². The zero-order valence-corrected chi connectivity index (χ0v) is 14.3. The Morgan fingerprint density at radius 2 is 1.62 bits per heavy atom. The van der Waals surface area contributed by atoms with Crippen LogP contribution in [-0.4, -0.2) is 25.1 Å². The maximum absolute atomic E-state index is 13.0. The Bertz CT molecular complexity index is 887. The maximum Gasteiger partial charge on any atom is 0.257 e. The van der Waals surface area contributed by atoms with Crippen molar-refractivity contribution in [3.63, 3.8) is 0 Å². The highest BCUT2D eigenvalue weighted by Crippen LogP contribution is 2.26. The number of rotatable bonds is 5. The number of halogens is 1. The number of aromatic nitrogens is 1. The van der Waals surface area contributed by atoms with E-state index in [0.29, 0.717) is 28.4 Å². The zero-order valence-electron chi connectivity index (χ0n) is 14.3. The summed E-state index contributed by atoms with van der Waals surface area (Å²) in [6, 6.07) is 14.5. The first-order valence-corrected chi connectivity index (χ1v) is 7.85. The number of hydrogen-bond acceptors (Lipinski definition) is 4. The van der Waals surface area contributed by atoms with E-state index in [-0.39, 0.29) is 11.7 Å². The monoisotopic (exact) mass is 352 g/mol. The molecule has 3 aromatic rings. The van der Waals surface area contributed by atoms with Gasteiger partial charge >= 0.3 is 0 Å². The van der Waals surface area contributed by atoms with Crippen LogP contribution in [-0.2, 0) is 0 Å². The van der Waals surface area contributed by atoms with Gasteiger partial charge in [-0.3, -0.25) is 9.78 Å². The Labute approximate surface area is 150 Å². The van der Waals surface area contributed by atoms with Crippen LogP contribution in [0.4, 0.5) is 10.1 Å². The largest absolute Gasteiger partial charge is 0.497 e. The van der Waals surface area contributed by atoms with Crippen molar-refractivity contribution in [1.82, 2.24) is 4.98 Å². The molecule has 0 aliphatic carbocycles. The molecule has 1 amide bonds. The predicted octanol–water partition coefficient (Wildman–Crippen LogP) is 4.16. The highest BCUT2D eigenvalue weighted by molar-refractivity contribution is 6.04. The molecule has 0 spiro atoms. The van der Waals surface area contributed by atoms with Crippen molar-refractivity contribution in [3.8, 4) is 22.8 Å². The molecule has 6 heteroatoms. The third-order valence-electron chi connectivity index (χ3n) is 3.77. The quantitative estimate of drug-likeness (QED) is 0.749. The molecule has 0 fully saturated rings. The topological polar surface area (TPSA) is 60.5 Å². The summed E-state index contributed by atoms with van der Waals surface area (Å²) in [5.41, 5.74) is 2.38. The summed E-state index contributed by atoms with van der Waals surface area (Å²) >= 11 is 0. The van der Waals surface area contributed by atoms with Crippen molar-refractivity contribution in [2.24, 2.45) is 0 Å². The highest BCUT2D eigenvalue weighted by atomic mass is 19.1. The number of pyridine rings is 1. The van der Waals surface area contributed by atoms with E-state index in [1.807, 2.05) is 0 Å². The van der Waals surface area contributed by atoms with Crippen LogP contribution >= 0.6 is 0 Å². The van der Waals surface area contributed by atoms with Crippen LogP contribution in [0, 0.1) is 5.82 Å². The van der Waals surface area contributed by atoms with Gasteiger partial charge in [0.05, 0.1) is 25.5 Å². The molecule has 132 valence electrons. The number of nitrogens with one attached hydrogen (secondary N) is 1. The molecule has 0 bridgehead atoms. The molecule has 1 heterocycles. The lowest BCUT2D eigenvalue weighted by molar-refractivity contribution is 0.102. The van der Waals surface area contributed by atoms with Crippen molar-refractivity contribution >= 4 is 11.6 Å². The third-order valence-corrected chi connectivity index (χ3v) is 3.77. The molecule has 1 N–H and O–H groups in total. The molecule has 3 rings (SSSR count). The summed E-state index contributed by atoms with van der Waals surface area (Å²) < 4.78 is 23.4. The van der Waals surface area contributed by atoms with E-state index in [9.17, 15) is 9.18 Å². The molecule has 1 aromatic heterocycles. The standard InChI is InChI=1S/C20H17FN2O3/c1-25-17-9-16(10-18(11-17)26-2)23-20(24)14-5-8-19(22-12-14)13-3-6-15(21)7-4-13/h3-12H,1-2H3,(H,23,24). The number of anilines is 1. The average molecular weight is 352 g/mol. The minimum absolute atomic E-state index is 0.307. The normalized spacial score (nSPS) is 10.3. The molecular formula is C20H17FN2O3. The summed E-state index contributed by atoms with van der Waals surface area (Å²) in [7, 11) is 3.08. The summed E-state index contributed by atoms with van der Waals surface area (Å²) in [6.45, 7) is 0. The molecule has 0 unspecified atom stereocenters. The molecule has 0 saturated heterocycles. The summed E-state index contributed by atoms with van der Waals surface area (Å²) in [4.78, 5) is 16.7. The summed E-state index contributed by atoms with van der Waals surface area (Å²) in [5, 5.41) is 2.79. The average Bonchev–Trinajstić information content (AvgIpc) is 2.68. The number of carbonyl (C=O) groups excluding carboxylic acids is 1. The Morgan fingerprint density at radius 3 is 2.15 bits per heavy atom. The van der Waals surface area contributed by atoms with Crippen molar-refractivity contribution < 1.29 is 18.7 Å². The number of ether oxygens (including phenoxy) is 2. The van der Waals surface area contributed by atoms with E-state index in [0.717, 1.165) is 5.56 Å². The molecule has 0 atom stereocenters. The number of benzene rings is 2. The van der Waals surface area contributed by atoms with Gasteiger partial charge in [-0.25, -0.2) is 4.39 Å². The Hall–Kier alpha value is -3.41. The molecule has 5 nitrogen and oxygen atoms in total. The lowest BCUT2D eigenvalue weighted by Crippen LogP contribution is -2.12. The second kappa shape index (κ2) is 7.65. The Morgan fingerprint density at radius 1 is 0.962 bits per heavy atom. The van der Waals surface area contributed by atoms with Crippen molar-refractivity contribution in [3.05, 3.63) is 72.2 Å². The predicted molar refractivity (Wildman–Crippen MR) is 97.1 cm³/mol. The Balaban J connectivity index is 1.77. The number of methoxy groups -OCH3 is 2. The fourth-order valence-electron chi connectivity index (χ4n) is 2.40. The van der Waals surface area contributed by atoms with Crippen LogP contribution in [0.1, 0.15) is 10.4 Å². The van der Waals surface area contributed by atoms with Crippen LogP contribution in [0.5, 0.6) is 11.5 Å². The molecule has 0 aliphatic rings. The van der Waals surface area contributed by atoms with Crippen molar-refractivity contribution in [2.45, 2.75) is 0 Å². The smallest absolute Gasteiger partial charge is 0.257 e. The van der Waals surface area contributed by atoms with Crippen LogP contribution in [0.3, 0.4) is 0 Å². The van der Waals surface area contributed by atoms with E-state index in [4.69, 9.17) is 9.47 Å². The fourth-order valence-corrected chi connectivity index (χ4v) is 2.40. The third kappa shape index (κ3) is 3.97. The van der Waals surface area contributed by atoms with Crippen molar-refractivity contribution in [1.29, 1.82) is 0 Å². The van der Waals surface area contributed by atoms with Crippen molar-refractivity contribution in [2.75, 3.05) is 19.5 Å². The van der Waals surface area contributed by atoms with E-state index in [2.05, 4.69) is 10.3 Å². The molecule has 2 aromatic carbocycles. The van der Waals surface area contributed by atoms with Gasteiger partial charge in [-0.05, 0) is 36.4 Å². The summed E-state index contributed by atoms with van der Waals surface area (Å²) in [5.74, 6) is 0.533. The van der Waals surface area contributed by atoms with Gasteiger partial charge in [0, 0.05) is 35.6 Å². The first-order chi connectivity index (χ1) is 12.6. The summed E-state index contributed by atoms with van der Waals surface area (Å²) in [6.07, 6.45) is 1.48. The van der Waals surface area contributed by atoms with Gasteiger partial charge in [-0.2, -0.15) is 0 Å². The zero-order chi connectivity index (χ0) is 18.5. The molecule has 0 aliphatic heterocycles. The number of nitrogens with zero attached hydrogens (tertiary/aromatic N) is 1. The van der Waals surface area contributed by atoms with Crippen LogP contribution < -0.4 is 14.8 Å². The van der Waals surface area contributed by atoms with E-state index >= 15 is 0 Å². The molecule has 26 heavy (non-hydrogen) atoms. The lowest BCUT2D eigenvalue weighted by Gasteiger charge is -2.10. The SMILES string of the molecule is COc1cc(NC(=O)c2ccc(-c3ccc(F)cc3)nc2)cc(OC)c1. The second-order valence-corrected chi connectivity index (χ2v) is 5.49. The first-order valence-electron chi connectivity index (χ1n) is 7.85. The van der Waals surface area contributed by atoms with Gasteiger partial charge in [0.2, 0.25) is 0 Å². The molecular weight excluding hydrogens is 335 g/mol. The van der Waals surface area contributed by atoms with Crippen LogP contribution in [0.25, 0.3) is 11.3 Å². The minimum Gasteiger partial charge on any atom is -0.497 e. The first kappa shape index (κ1) is 17.4. The van der Waals surface area contributed by atoms with Gasteiger partial charge in [0.15, 0.2) is 0 Å². The van der Waals surface area contributed by atoms with E-state index in [1.165, 1.54) is 18.3 Å².